The number of Topliss-reactive ketones (excluding diaryl/α,β-unsaturated/α-hetero) is 1. The van der Waals surface area contributed by atoms with Gasteiger partial charge >= 0.3 is 0 Å². The van der Waals surface area contributed by atoms with Crippen molar-refractivity contribution in [1.82, 2.24) is 6.15 Å². The van der Waals surface area contributed by atoms with Gasteiger partial charge in [-0.05, 0) is 67.8 Å². The van der Waals surface area contributed by atoms with Crippen LogP contribution in [0.15, 0.2) is 11.6 Å². The number of ketones is 2. The first kappa shape index (κ1) is 20.6. The van der Waals surface area contributed by atoms with Crippen LogP contribution in [0.3, 0.4) is 0 Å². The summed E-state index contributed by atoms with van der Waals surface area (Å²) < 4.78 is 0. The van der Waals surface area contributed by atoms with Gasteiger partial charge < -0.3 is 21.5 Å². The van der Waals surface area contributed by atoms with Gasteiger partial charge in [-0.25, -0.2) is 0 Å². The van der Waals surface area contributed by atoms with Gasteiger partial charge in [0, 0.05) is 11.8 Å². The zero-order valence-electron chi connectivity index (χ0n) is 16.4. The minimum Gasteiger partial charge on any atom is -0.393 e. The van der Waals surface area contributed by atoms with Crippen molar-refractivity contribution in [3.8, 4) is 0 Å². The number of hydrogen-bond acceptors (Lipinski definition) is 6. The first-order valence-corrected chi connectivity index (χ1v) is 9.96. The summed E-state index contributed by atoms with van der Waals surface area (Å²) in [5.74, 6) is 0.140. The zero-order valence-corrected chi connectivity index (χ0v) is 16.4. The molecule has 0 aromatic rings. The highest BCUT2D eigenvalue weighted by atomic mass is 16.3. The Balaban J connectivity index is 0.00000210. The van der Waals surface area contributed by atoms with Crippen molar-refractivity contribution in [3.05, 3.63) is 11.6 Å². The van der Waals surface area contributed by atoms with E-state index in [1.165, 1.54) is 5.57 Å². The summed E-state index contributed by atoms with van der Waals surface area (Å²) in [7, 11) is 0. The number of carbonyl (C=O) groups excluding carboxylic acids is 2. The van der Waals surface area contributed by atoms with Gasteiger partial charge in [0.15, 0.2) is 11.6 Å². The van der Waals surface area contributed by atoms with Crippen LogP contribution in [0.5, 0.6) is 0 Å². The van der Waals surface area contributed by atoms with Crippen LogP contribution >= 0.6 is 0 Å². The Labute approximate surface area is 160 Å². The van der Waals surface area contributed by atoms with Crippen molar-refractivity contribution in [2.45, 2.75) is 70.5 Å². The molecule has 0 unspecified atom stereocenters. The van der Waals surface area contributed by atoms with E-state index in [9.17, 15) is 24.9 Å². The van der Waals surface area contributed by atoms with Crippen LogP contribution in [0, 0.1) is 28.6 Å². The molecule has 27 heavy (non-hydrogen) atoms. The number of allylic oxidation sites excluding steroid dienone is 1. The van der Waals surface area contributed by atoms with Gasteiger partial charge in [-0.3, -0.25) is 9.59 Å². The van der Waals surface area contributed by atoms with Gasteiger partial charge in [-0.1, -0.05) is 19.4 Å². The fourth-order valence-corrected chi connectivity index (χ4v) is 7.28. The largest absolute Gasteiger partial charge is 0.393 e. The number of fused-ring (bicyclic) bond motifs is 5. The monoisotopic (exact) mass is 379 g/mol. The van der Waals surface area contributed by atoms with E-state index in [2.05, 4.69) is 6.92 Å². The number of hydrogen-bond donors (Lipinski definition) is 4. The lowest BCUT2D eigenvalue weighted by atomic mass is 9.45. The van der Waals surface area contributed by atoms with Gasteiger partial charge in [0.1, 0.15) is 12.2 Å². The fraction of sp³-hybridized carbons (Fsp3) is 0.810. The second kappa shape index (κ2) is 6.48. The van der Waals surface area contributed by atoms with Crippen LogP contribution in [0.4, 0.5) is 0 Å². The van der Waals surface area contributed by atoms with Gasteiger partial charge in [0.25, 0.3) is 0 Å². The third kappa shape index (κ3) is 2.53. The van der Waals surface area contributed by atoms with Crippen LogP contribution in [-0.4, -0.2) is 45.2 Å². The molecule has 0 saturated heterocycles. The predicted octanol–water partition coefficient (Wildman–Crippen LogP) is 1.94. The highest BCUT2D eigenvalue weighted by molar-refractivity contribution is 5.91. The summed E-state index contributed by atoms with van der Waals surface area (Å²) in [4.78, 5) is 24.3. The van der Waals surface area contributed by atoms with Crippen LogP contribution in [0.25, 0.3) is 0 Å². The van der Waals surface area contributed by atoms with E-state index in [4.69, 9.17) is 0 Å². The summed E-state index contributed by atoms with van der Waals surface area (Å²) in [6, 6.07) is 0. The summed E-state index contributed by atoms with van der Waals surface area (Å²) in [6.45, 7) is 3.46. The van der Waals surface area contributed by atoms with Crippen LogP contribution in [0.1, 0.15) is 58.8 Å². The molecule has 6 N–H and O–H groups in total. The van der Waals surface area contributed by atoms with Crippen molar-refractivity contribution < 1.29 is 24.9 Å². The summed E-state index contributed by atoms with van der Waals surface area (Å²) in [5.41, 5.74) is -1.23. The molecule has 0 bridgehead atoms. The SMILES string of the molecule is C[C@]12CCC(=O)C=C1CC[C@@H]1[C@@H]2[C@@H](O)C[C@@]2(C)[C@H]1CC[C@]2(O)C(=O)CO.N. The molecule has 4 aliphatic carbocycles. The molecule has 3 fully saturated rings. The van der Waals surface area contributed by atoms with Crippen molar-refractivity contribution in [2.24, 2.45) is 28.6 Å². The molecule has 0 heterocycles. The highest BCUT2D eigenvalue weighted by Gasteiger charge is 2.68. The normalized spacial score (nSPS) is 48.6. The minimum absolute atomic E-state index is 0. The molecule has 3 saturated carbocycles. The topological polar surface area (TPSA) is 130 Å². The second-order valence-corrected chi connectivity index (χ2v) is 9.56. The maximum absolute atomic E-state index is 12.4. The lowest BCUT2D eigenvalue weighted by molar-refractivity contribution is -0.182. The molecule has 4 aliphatic rings. The van der Waals surface area contributed by atoms with Crippen molar-refractivity contribution in [1.29, 1.82) is 0 Å². The van der Waals surface area contributed by atoms with E-state index in [1.54, 1.807) is 6.08 Å². The molecule has 0 radical (unpaired) electrons. The average molecular weight is 379 g/mol. The van der Waals surface area contributed by atoms with Gasteiger partial charge in [-0.2, -0.15) is 0 Å². The molecule has 7 atom stereocenters. The molecule has 6 nitrogen and oxygen atoms in total. The molecular formula is C21H33NO5. The maximum Gasteiger partial charge on any atom is 0.190 e. The maximum atomic E-state index is 12.4. The van der Waals surface area contributed by atoms with Gasteiger partial charge in [-0.15, -0.1) is 0 Å². The number of rotatable bonds is 2. The Morgan fingerprint density at radius 1 is 1.22 bits per heavy atom. The van der Waals surface area contributed by atoms with Crippen molar-refractivity contribution in [2.75, 3.05) is 6.61 Å². The average Bonchev–Trinajstić information content (AvgIpc) is 2.86. The zero-order chi connectivity index (χ0) is 18.9. The lowest BCUT2D eigenvalue weighted by Crippen LogP contribution is -2.62. The van der Waals surface area contributed by atoms with Crippen LogP contribution in [0.2, 0.25) is 0 Å². The van der Waals surface area contributed by atoms with E-state index in [0.717, 1.165) is 25.7 Å². The third-order valence-electron chi connectivity index (χ3n) is 8.65. The molecule has 0 aliphatic heterocycles. The van der Waals surface area contributed by atoms with E-state index in [-0.39, 0.29) is 35.1 Å². The van der Waals surface area contributed by atoms with Crippen LogP contribution < -0.4 is 6.15 Å². The molecule has 6 heteroatoms. The molecule has 152 valence electrons. The quantitative estimate of drug-likeness (QED) is 0.580. The van der Waals surface area contributed by atoms with E-state index in [0.29, 0.717) is 19.3 Å². The Bertz CT molecular complexity index is 690. The van der Waals surface area contributed by atoms with Gasteiger partial charge in [0.05, 0.1) is 6.10 Å². The lowest BCUT2D eigenvalue weighted by Gasteiger charge is -2.60. The molecule has 4 rings (SSSR count). The standard InChI is InChI=1S/C21H30O5.H3N/c1-19-7-5-13(23)9-12(19)3-4-14-15-6-8-21(26,17(25)11-22)20(15,2)10-16(24)18(14)19;/h9,14-16,18,22,24,26H,3-8,10-11H2,1-2H3;1H3/t14-,15-,16-,18+,19-,20-,21-;/m0./s1. The number of carbonyl (C=O) groups is 2. The second-order valence-electron chi connectivity index (χ2n) is 9.56. The Morgan fingerprint density at radius 2 is 1.93 bits per heavy atom. The minimum atomic E-state index is -1.54. The van der Waals surface area contributed by atoms with Crippen LogP contribution in [-0.2, 0) is 9.59 Å². The first-order chi connectivity index (χ1) is 12.2. The summed E-state index contributed by atoms with van der Waals surface area (Å²) in [5, 5.41) is 31.7. The fourth-order valence-electron chi connectivity index (χ4n) is 7.28. The Kier molecular flexibility index (Phi) is 4.95. The smallest absolute Gasteiger partial charge is 0.190 e. The molecular weight excluding hydrogens is 346 g/mol. The molecule has 0 aromatic heterocycles. The van der Waals surface area contributed by atoms with E-state index in [1.807, 2.05) is 6.92 Å². The van der Waals surface area contributed by atoms with E-state index >= 15 is 0 Å². The van der Waals surface area contributed by atoms with E-state index < -0.39 is 29.5 Å². The highest BCUT2D eigenvalue weighted by Crippen LogP contribution is 2.67. The Morgan fingerprint density at radius 3 is 2.59 bits per heavy atom. The molecule has 0 aromatic carbocycles. The van der Waals surface area contributed by atoms with Crippen molar-refractivity contribution >= 4 is 11.6 Å². The molecule has 0 spiro atoms. The number of aliphatic hydroxyl groups is 3. The predicted molar refractivity (Wildman–Crippen MR) is 100 cm³/mol. The summed E-state index contributed by atoms with van der Waals surface area (Å²) >= 11 is 0. The molecule has 0 amide bonds. The summed E-state index contributed by atoms with van der Waals surface area (Å²) in [6.07, 6.45) is 5.74. The number of aliphatic hydroxyl groups excluding tert-OH is 2. The van der Waals surface area contributed by atoms with Gasteiger partial charge in [0.2, 0.25) is 0 Å². The third-order valence-corrected chi connectivity index (χ3v) is 8.65. The Hall–Kier alpha value is -1.08. The first-order valence-electron chi connectivity index (χ1n) is 9.96. The van der Waals surface area contributed by atoms with Crippen molar-refractivity contribution in [3.63, 3.8) is 0 Å².